The fourth-order valence-electron chi connectivity index (χ4n) is 1.28. The number of nitrogens with one attached hydrogen (secondary N) is 1. The lowest BCUT2D eigenvalue weighted by molar-refractivity contribution is 0.520. The summed E-state index contributed by atoms with van der Waals surface area (Å²) >= 11 is 0. The van der Waals surface area contributed by atoms with Gasteiger partial charge in [0.05, 0.1) is 6.54 Å². The van der Waals surface area contributed by atoms with E-state index in [4.69, 9.17) is 12.2 Å². The van der Waals surface area contributed by atoms with Gasteiger partial charge in [-0.15, -0.1) is 6.42 Å². The van der Waals surface area contributed by atoms with Gasteiger partial charge in [-0.3, -0.25) is 5.32 Å². The Morgan fingerprint density at radius 2 is 2.20 bits per heavy atom. The summed E-state index contributed by atoms with van der Waals surface area (Å²) in [5, 5.41) is 2.84. The number of rotatable bonds is 4. The van der Waals surface area contributed by atoms with Gasteiger partial charge in [0.15, 0.2) is 0 Å². The molecule has 4 heteroatoms. The fraction of sp³-hybridized carbons (Fsp3) is 0.273. The normalized spacial score (nSPS) is 12.1. The van der Waals surface area contributed by atoms with Crippen LogP contribution < -0.4 is 11.1 Å². The van der Waals surface area contributed by atoms with Crippen LogP contribution in [0.15, 0.2) is 18.2 Å². The van der Waals surface area contributed by atoms with E-state index in [0.29, 0.717) is 0 Å². The standard InChI is InChI=1S/C11H12F2N2/c1-2-5-15-11(7-14)9-6-8(12)3-4-10(9)13/h1,3-4,6,11,15H,5,7,14H2. The highest BCUT2D eigenvalue weighted by Crippen LogP contribution is 2.17. The molecule has 2 nitrogen and oxygen atoms in total. The predicted octanol–water partition coefficient (Wildman–Crippen LogP) is 1.19. The van der Waals surface area contributed by atoms with E-state index in [1.165, 1.54) is 0 Å². The van der Waals surface area contributed by atoms with E-state index in [9.17, 15) is 8.78 Å². The highest BCUT2D eigenvalue weighted by molar-refractivity contribution is 5.23. The SMILES string of the molecule is C#CCNC(CN)c1cc(F)ccc1F. The van der Waals surface area contributed by atoms with Gasteiger partial charge in [0.2, 0.25) is 0 Å². The fourth-order valence-corrected chi connectivity index (χ4v) is 1.28. The van der Waals surface area contributed by atoms with E-state index in [1.807, 2.05) is 0 Å². The van der Waals surface area contributed by atoms with Crippen molar-refractivity contribution >= 4 is 0 Å². The van der Waals surface area contributed by atoms with Gasteiger partial charge in [-0.25, -0.2) is 8.78 Å². The summed E-state index contributed by atoms with van der Waals surface area (Å²) in [5.41, 5.74) is 5.65. The Hall–Kier alpha value is -1.44. The van der Waals surface area contributed by atoms with Gasteiger partial charge in [-0.05, 0) is 18.2 Å². The first kappa shape index (κ1) is 11.6. The lowest BCUT2D eigenvalue weighted by Gasteiger charge is -2.16. The molecule has 0 saturated carbocycles. The van der Waals surface area contributed by atoms with E-state index >= 15 is 0 Å². The third kappa shape index (κ3) is 3.01. The number of nitrogens with two attached hydrogens (primary N) is 1. The van der Waals surface area contributed by atoms with Gasteiger partial charge < -0.3 is 5.73 Å². The summed E-state index contributed by atoms with van der Waals surface area (Å²) in [6.07, 6.45) is 5.06. The minimum absolute atomic E-state index is 0.155. The van der Waals surface area contributed by atoms with Crippen molar-refractivity contribution in [1.29, 1.82) is 0 Å². The van der Waals surface area contributed by atoms with Crippen LogP contribution in [0.3, 0.4) is 0 Å². The Labute approximate surface area is 87.5 Å². The molecule has 0 aliphatic carbocycles. The van der Waals surface area contributed by atoms with E-state index in [0.717, 1.165) is 18.2 Å². The lowest BCUT2D eigenvalue weighted by Crippen LogP contribution is -2.29. The van der Waals surface area contributed by atoms with Gasteiger partial charge in [-0.1, -0.05) is 5.92 Å². The largest absolute Gasteiger partial charge is 0.329 e. The summed E-state index contributed by atoms with van der Waals surface area (Å²) in [4.78, 5) is 0. The highest BCUT2D eigenvalue weighted by atomic mass is 19.1. The third-order valence-corrected chi connectivity index (χ3v) is 2.02. The molecular weight excluding hydrogens is 198 g/mol. The second-order valence-electron chi connectivity index (χ2n) is 3.04. The minimum Gasteiger partial charge on any atom is -0.329 e. The molecule has 0 bridgehead atoms. The van der Waals surface area contributed by atoms with Crippen LogP contribution in [-0.2, 0) is 0 Å². The molecule has 1 aromatic carbocycles. The Bertz CT molecular complexity index is 371. The maximum Gasteiger partial charge on any atom is 0.128 e. The van der Waals surface area contributed by atoms with Crippen molar-refractivity contribution in [1.82, 2.24) is 5.32 Å². The van der Waals surface area contributed by atoms with Crippen molar-refractivity contribution in [2.45, 2.75) is 6.04 Å². The molecule has 0 aromatic heterocycles. The van der Waals surface area contributed by atoms with Crippen LogP contribution in [0.4, 0.5) is 8.78 Å². The number of hydrogen-bond donors (Lipinski definition) is 2. The number of hydrogen-bond acceptors (Lipinski definition) is 2. The summed E-state index contributed by atoms with van der Waals surface area (Å²) in [5.74, 6) is 1.37. The van der Waals surface area contributed by atoms with Crippen LogP contribution in [-0.4, -0.2) is 13.1 Å². The number of benzene rings is 1. The zero-order valence-electron chi connectivity index (χ0n) is 8.13. The van der Waals surface area contributed by atoms with E-state index < -0.39 is 17.7 Å². The van der Waals surface area contributed by atoms with Crippen LogP contribution in [0, 0.1) is 24.0 Å². The first-order chi connectivity index (χ1) is 7.19. The summed E-state index contributed by atoms with van der Waals surface area (Å²) in [7, 11) is 0. The van der Waals surface area contributed by atoms with Crippen molar-refractivity contribution < 1.29 is 8.78 Å². The first-order valence-electron chi connectivity index (χ1n) is 4.51. The minimum atomic E-state index is -0.493. The number of terminal acetylenes is 1. The molecule has 1 rings (SSSR count). The van der Waals surface area contributed by atoms with Crippen molar-refractivity contribution in [2.75, 3.05) is 13.1 Å². The highest BCUT2D eigenvalue weighted by Gasteiger charge is 2.13. The van der Waals surface area contributed by atoms with E-state index in [-0.39, 0.29) is 18.7 Å². The molecule has 0 spiro atoms. The van der Waals surface area contributed by atoms with E-state index in [1.54, 1.807) is 0 Å². The van der Waals surface area contributed by atoms with Gasteiger partial charge in [-0.2, -0.15) is 0 Å². The molecule has 0 amide bonds. The molecule has 0 aliphatic rings. The Balaban J connectivity index is 2.91. The molecule has 1 unspecified atom stereocenters. The third-order valence-electron chi connectivity index (χ3n) is 2.02. The van der Waals surface area contributed by atoms with E-state index in [2.05, 4.69) is 11.2 Å². The van der Waals surface area contributed by atoms with Crippen molar-refractivity contribution in [2.24, 2.45) is 5.73 Å². The summed E-state index contributed by atoms with van der Waals surface area (Å²) in [6.45, 7) is 0.417. The van der Waals surface area contributed by atoms with Gasteiger partial charge in [0.1, 0.15) is 11.6 Å². The second kappa shape index (κ2) is 5.44. The van der Waals surface area contributed by atoms with Crippen molar-refractivity contribution in [3.63, 3.8) is 0 Å². The molecule has 0 heterocycles. The topological polar surface area (TPSA) is 38.0 Å². The number of halogens is 2. The zero-order valence-corrected chi connectivity index (χ0v) is 8.13. The van der Waals surface area contributed by atoms with Crippen LogP contribution in [0.1, 0.15) is 11.6 Å². The van der Waals surface area contributed by atoms with Crippen LogP contribution in [0.25, 0.3) is 0 Å². The van der Waals surface area contributed by atoms with Crippen LogP contribution in [0.2, 0.25) is 0 Å². The van der Waals surface area contributed by atoms with Gasteiger partial charge >= 0.3 is 0 Å². The lowest BCUT2D eigenvalue weighted by atomic mass is 10.1. The Kier molecular flexibility index (Phi) is 4.22. The van der Waals surface area contributed by atoms with Gasteiger partial charge in [0, 0.05) is 18.2 Å². The molecule has 0 saturated heterocycles. The Morgan fingerprint density at radius 1 is 1.47 bits per heavy atom. The summed E-state index contributed by atoms with van der Waals surface area (Å²) in [6, 6.07) is 2.80. The van der Waals surface area contributed by atoms with Crippen molar-refractivity contribution in [3.8, 4) is 12.3 Å². The van der Waals surface area contributed by atoms with Gasteiger partial charge in [0.25, 0.3) is 0 Å². The smallest absolute Gasteiger partial charge is 0.128 e. The molecule has 0 radical (unpaired) electrons. The monoisotopic (exact) mass is 210 g/mol. The maximum absolute atomic E-state index is 13.3. The quantitative estimate of drug-likeness (QED) is 0.732. The average Bonchev–Trinajstić information content (AvgIpc) is 2.24. The molecule has 0 fully saturated rings. The second-order valence-corrected chi connectivity index (χ2v) is 3.04. The summed E-state index contributed by atoms with van der Waals surface area (Å²) < 4.78 is 26.2. The molecule has 1 atom stereocenters. The van der Waals surface area contributed by atoms with Crippen LogP contribution >= 0.6 is 0 Å². The molecule has 80 valence electrons. The van der Waals surface area contributed by atoms with Crippen LogP contribution in [0.5, 0.6) is 0 Å². The average molecular weight is 210 g/mol. The Morgan fingerprint density at radius 3 is 2.80 bits per heavy atom. The molecule has 1 aromatic rings. The molecular formula is C11H12F2N2. The molecule has 3 N–H and O–H groups in total. The predicted molar refractivity (Wildman–Crippen MR) is 55.0 cm³/mol. The van der Waals surface area contributed by atoms with Crippen molar-refractivity contribution in [3.05, 3.63) is 35.4 Å². The zero-order chi connectivity index (χ0) is 11.3. The molecule has 0 aliphatic heterocycles. The first-order valence-corrected chi connectivity index (χ1v) is 4.51. The molecule has 15 heavy (non-hydrogen) atoms. The maximum atomic E-state index is 13.3.